The number of aromatic nitrogens is 3. The summed E-state index contributed by atoms with van der Waals surface area (Å²) in [6, 6.07) is -0.215. The van der Waals surface area contributed by atoms with E-state index in [-0.39, 0.29) is 30.3 Å². The van der Waals surface area contributed by atoms with Crippen molar-refractivity contribution in [3.8, 4) is 0 Å². The van der Waals surface area contributed by atoms with Crippen molar-refractivity contribution in [2.75, 3.05) is 13.1 Å². The molecule has 8 nitrogen and oxygen atoms in total. The number of hydrogen-bond acceptors (Lipinski definition) is 5. The van der Waals surface area contributed by atoms with Crippen molar-refractivity contribution in [1.82, 2.24) is 19.9 Å². The lowest BCUT2D eigenvalue weighted by Crippen LogP contribution is -2.45. The molecule has 110 valence electrons. The average molecular weight is 280 g/mol. The largest absolute Gasteiger partial charge is 0.369 e. The summed E-state index contributed by atoms with van der Waals surface area (Å²) in [6.45, 7) is 2.95. The normalized spacial score (nSPS) is 20.7. The van der Waals surface area contributed by atoms with Gasteiger partial charge in [-0.3, -0.25) is 9.59 Å². The SMILES string of the molecule is CC(N)c1cn(CC(=O)N2CCCC(C(N)=O)C2)nn1. The molecule has 0 aliphatic carbocycles. The van der Waals surface area contributed by atoms with Crippen molar-refractivity contribution in [3.05, 3.63) is 11.9 Å². The standard InChI is InChI=1S/C12H20N6O2/c1-8(13)10-6-18(16-15-10)7-11(19)17-4-2-3-9(5-17)12(14)20/h6,8-9H,2-5,7,13H2,1H3,(H2,14,20). The number of carbonyl (C=O) groups excluding carboxylic acids is 2. The van der Waals surface area contributed by atoms with Crippen LogP contribution in [0.3, 0.4) is 0 Å². The maximum atomic E-state index is 12.2. The molecule has 0 bridgehead atoms. The third kappa shape index (κ3) is 3.32. The minimum atomic E-state index is -0.345. The van der Waals surface area contributed by atoms with Crippen molar-refractivity contribution >= 4 is 11.8 Å². The quantitative estimate of drug-likeness (QED) is 0.734. The molecule has 0 saturated carbocycles. The lowest BCUT2D eigenvalue weighted by Gasteiger charge is -2.31. The van der Waals surface area contributed by atoms with Crippen LogP contribution in [-0.4, -0.2) is 44.8 Å². The van der Waals surface area contributed by atoms with Gasteiger partial charge in [-0.1, -0.05) is 5.21 Å². The number of piperidine rings is 1. The molecule has 2 heterocycles. The summed E-state index contributed by atoms with van der Waals surface area (Å²) < 4.78 is 1.47. The van der Waals surface area contributed by atoms with Gasteiger partial charge >= 0.3 is 0 Å². The van der Waals surface area contributed by atoms with Gasteiger partial charge in [-0.2, -0.15) is 0 Å². The molecule has 20 heavy (non-hydrogen) atoms. The molecule has 1 aromatic heterocycles. The number of hydrogen-bond donors (Lipinski definition) is 2. The van der Waals surface area contributed by atoms with E-state index in [9.17, 15) is 9.59 Å². The monoisotopic (exact) mass is 280 g/mol. The third-order valence-corrected chi connectivity index (χ3v) is 3.50. The zero-order valence-electron chi connectivity index (χ0n) is 11.5. The van der Waals surface area contributed by atoms with Crippen LogP contribution in [0, 0.1) is 5.92 Å². The predicted octanol–water partition coefficient (Wildman–Crippen LogP) is -0.978. The van der Waals surface area contributed by atoms with Crippen LogP contribution in [0.4, 0.5) is 0 Å². The Bertz CT molecular complexity index is 498. The van der Waals surface area contributed by atoms with E-state index >= 15 is 0 Å². The Kier molecular flexibility index (Phi) is 4.33. The maximum absolute atomic E-state index is 12.2. The summed E-state index contributed by atoms with van der Waals surface area (Å²) in [7, 11) is 0. The van der Waals surface area contributed by atoms with Crippen molar-refractivity contribution in [3.63, 3.8) is 0 Å². The van der Waals surface area contributed by atoms with Gasteiger partial charge in [0.15, 0.2) is 0 Å². The van der Waals surface area contributed by atoms with Gasteiger partial charge < -0.3 is 16.4 Å². The van der Waals surface area contributed by atoms with Gasteiger partial charge in [-0.25, -0.2) is 4.68 Å². The fourth-order valence-corrected chi connectivity index (χ4v) is 2.27. The van der Waals surface area contributed by atoms with Crippen LogP contribution >= 0.6 is 0 Å². The molecule has 2 amide bonds. The van der Waals surface area contributed by atoms with Crippen molar-refractivity contribution < 1.29 is 9.59 Å². The second-order valence-corrected chi connectivity index (χ2v) is 5.21. The van der Waals surface area contributed by atoms with Crippen LogP contribution in [0.25, 0.3) is 0 Å². The third-order valence-electron chi connectivity index (χ3n) is 3.50. The van der Waals surface area contributed by atoms with Crippen LogP contribution in [0.1, 0.15) is 31.5 Å². The minimum Gasteiger partial charge on any atom is -0.369 e. The summed E-state index contributed by atoms with van der Waals surface area (Å²) in [5.41, 5.74) is 11.6. The number of amides is 2. The molecule has 1 fully saturated rings. The Labute approximate surface area is 117 Å². The number of nitrogens with zero attached hydrogens (tertiary/aromatic N) is 4. The van der Waals surface area contributed by atoms with Crippen LogP contribution in [0.15, 0.2) is 6.20 Å². The van der Waals surface area contributed by atoms with E-state index in [0.29, 0.717) is 18.8 Å². The molecule has 2 unspecified atom stereocenters. The average Bonchev–Trinajstić information content (AvgIpc) is 2.87. The predicted molar refractivity (Wildman–Crippen MR) is 71.1 cm³/mol. The van der Waals surface area contributed by atoms with Crippen LogP contribution in [0.5, 0.6) is 0 Å². The first-order chi connectivity index (χ1) is 9.47. The van der Waals surface area contributed by atoms with Gasteiger partial charge in [0.05, 0.1) is 17.8 Å². The lowest BCUT2D eigenvalue weighted by atomic mass is 9.97. The van der Waals surface area contributed by atoms with Gasteiger partial charge in [-0.15, -0.1) is 5.10 Å². The Hall–Kier alpha value is -1.96. The summed E-state index contributed by atoms with van der Waals surface area (Å²) in [5.74, 6) is -0.678. The highest BCUT2D eigenvalue weighted by molar-refractivity contribution is 5.80. The number of likely N-dealkylation sites (tertiary alicyclic amines) is 1. The maximum Gasteiger partial charge on any atom is 0.244 e. The first kappa shape index (κ1) is 14.4. The van der Waals surface area contributed by atoms with Crippen molar-refractivity contribution in [1.29, 1.82) is 0 Å². The zero-order chi connectivity index (χ0) is 14.7. The molecule has 2 atom stereocenters. The first-order valence-corrected chi connectivity index (χ1v) is 6.70. The van der Waals surface area contributed by atoms with Crippen LogP contribution in [0.2, 0.25) is 0 Å². The second-order valence-electron chi connectivity index (χ2n) is 5.21. The molecule has 0 spiro atoms. The summed E-state index contributed by atoms with van der Waals surface area (Å²) >= 11 is 0. The fraction of sp³-hybridized carbons (Fsp3) is 0.667. The number of rotatable bonds is 4. The fourth-order valence-electron chi connectivity index (χ4n) is 2.27. The van der Waals surface area contributed by atoms with Crippen molar-refractivity contribution in [2.24, 2.45) is 17.4 Å². The Balaban J connectivity index is 1.95. The van der Waals surface area contributed by atoms with E-state index in [1.807, 2.05) is 0 Å². The highest BCUT2D eigenvalue weighted by Gasteiger charge is 2.27. The van der Waals surface area contributed by atoms with E-state index in [2.05, 4.69) is 10.3 Å². The van der Waals surface area contributed by atoms with Gasteiger partial charge in [0.2, 0.25) is 11.8 Å². The second kappa shape index (κ2) is 6.00. The number of primary amides is 1. The number of carbonyl (C=O) groups is 2. The molecule has 0 aromatic carbocycles. The summed E-state index contributed by atoms with van der Waals surface area (Å²) in [6.07, 6.45) is 3.21. The Morgan fingerprint density at radius 1 is 1.55 bits per heavy atom. The van der Waals surface area contributed by atoms with Gasteiger partial charge in [0, 0.05) is 19.1 Å². The van der Waals surface area contributed by atoms with Crippen LogP contribution < -0.4 is 11.5 Å². The Morgan fingerprint density at radius 3 is 2.90 bits per heavy atom. The summed E-state index contributed by atoms with van der Waals surface area (Å²) in [5, 5.41) is 7.77. The van der Waals surface area contributed by atoms with E-state index in [1.165, 1.54) is 4.68 Å². The minimum absolute atomic E-state index is 0.0860. The molecule has 1 aliphatic rings. The van der Waals surface area contributed by atoms with Gasteiger partial charge in [0.25, 0.3) is 0 Å². The molecule has 1 saturated heterocycles. The molecule has 0 radical (unpaired) electrons. The first-order valence-electron chi connectivity index (χ1n) is 6.70. The molecule has 1 aliphatic heterocycles. The van der Waals surface area contributed by atoms with E-state index < -0.39 is 0 Å². The molecule has 1 aromatic rings. The molecule has 4 N–H and O–H groups in total. The van der Waals surface area contributed by atoms with Crippen molar-refractivity contribution in [2.45, 2.75) is 32.4 Å². The van der Waals surface area contributed by atoms with E-state index in [0.717, 1.165) is 12.8 Å². The number of nitrogens with two attached hydrogens (primary N) is 2. The van der Waals surface area contributed by atoms with Gasteiger partial charge in [0.1, 0.15) is 6.54 Å². The van der Waals surface area contributed by atoms with E-state index in [4.69, 9.17) is 11.5 Å². The highest BCUT2D eigenvalue weighted by Crippen LogP contribution is 2.16. The molecular formula is C12H20N6O2. The molecular weight excluding hydrogens is 260 g/mol. The zero-order valence-corrected chi connectivity index (χ0v) is 11.5. The Morgan fingerprint density at radius 2 is 2.30 bits per heavy atom. The van der Waals surface area contributed by atoms with Crippen LogP contribution in [-0.2, 0) is 16.1 Å². The van der Waals surface area contributed by atoms with E-state index in [1.54, 1.807) is 18.0 Å². The molecule has 2 rings (SSSR count). The molecule has 8 heteroatoms. The topological polar surface area (TPSA) is 120 Å². The smallest absolute Gasteiger partial charge is 0.244 e. The summed E-state index contributed by atoms with van der Waals surface area (Å²) in [4.78, 5) is 25.0. The lowest BCUT2D eigenvalue weighted by molar-refractivity contribution is -0.135. The highest BCUT2D eigenvalue weighted by atomic mass is 16.2. The van der Waals surface area contributed by atoms with Gasteiger partial charge in [-0.05, 0) is 19.8 Å².